The lowest BCUT2D eigenvalue weighted by molar-refractivity contribution is -0.120. The zero-order valence-electron chi connectivity index (χ0n) is 14.2. The highest BCUT2D eigenvalue weighted by molar-refractivity contribution is 6.04. The van der Waals surface area contributed by atoms with Gasteiger partial charge < -0.3 is 10.6 Å². The molecule has 1 aromatic heterocycles. The standard InChI is InChI=1S/C17H22N6O/c1-4-22(5-2)13-8-6-12(7-9-13)15-14(16(18)24)11(3)21-17-19-10-20-23(15)17/h6-10,14-15H,4-5H2,1-3H3,(H2,18,24). The fourth-order valence-electron chi connectivity index (χ4n) is 3.28. The van der Waals surface area contributed by atoms with Crippen LogP contribution in [0.15, 0.2) is 35.6 Å². The Bertz CT molecular complexity index is 760. The molecule has 1 aliphatic heterocycles. The van der Waals surface area contributed by atoms with E-state index in [1.54, 1.807) is 4.68 Å². The van der Waals surface area contributed by atoms with Crippen molar-refractivity contribution in [2.75, 3.05) is 18.0 Å². The summed E-state index contributed by atoms with van der Waals surface area (Å²) in [6, 6.07) is 7.87. The summed E-state index contributed by atoms with van der Waals surface area (Å²) >= 11 is 0. The fraction of sp³-hybridized carbons (Fsp3) is 0.412. The second-order valence-corrected chi connectivity index (χ2v) is 5.85. The third-order valence-corrected chi connectivity index (χ3v) is 4.53. The highest BCUT2D eigenvalue weighted by Gasteiger charge is 2.37. The van der Waals surface area contributed by atoms with Crippen molar-refractivity contribution in [3.05, 3.63) is 36.2 Å². The Labute approximate surface area is 141 Å². The van der Waals surface area contributed by atoms with E-state index < -0.39 is 11.8 Å². The first-order chi connectivity index (χ1) is 11.6. The van der Waals surface area contributed by atoms with E-state index in [0.29, 0.717) is 11.7 Å². The minimum atomic E-state index is -0.529. The molecule has 24 heavy (non-hydrogen) atoms. The number of primary amides is 1. The summed E-state index contributed by atoms with van der Waals surface area (Å²) in [5.41, 5.74) is 8.43. The van der Waals surface area contributed by atoms with Gasteiger partial charge in [-0.15, -0.1) is 0 Å². The summed E-state index contributed by atoms with van der Waals surface area (Å²) in [5.74, 6) is -0.434. The summed E-state index contributed by atoms with van der Waals surface area (Å²) < 4.78 is 1.68. The first-order valence-electron chi connectivity index (χ1n) is 8.15. The first kappa shape index (κ1) is 16.2. The molecule has 0 aliphatic carbocycles. The molecule has 0 spiro atoms. The lowest BCUT2D eigenvalue weighted by atomic mass is 9.88. The highest BCUT2D eigenvalue weighted by Crippen LogP contribution is 2.35. The summed E-state index contributed by atoms with van der Waals surface area (Å²) in [7, 11) is 0. The minimum Gasteiger partial charge on any atom is -0.372 e. The molecule has 1 aromatic carbocycles. The predicted molar refractivity (Wildman–Crippen MR) is 93.6 cm³/mol. The number of aromatic nitrogens is 3. The molecule has 0 fully saturated rings. The van der Waals surface area contributed by atoms with Crippen LogP contribution in [-0.4, -0.2) is 39.5 Å². The zero-order valence-corrected chi connectivity index (χ0v) is 14.2. The molecule has 2 N–H and O–H groups in total. The molecule has 2 unspecified atom stereocenters. The van der Waals surface area contributed by atoms with Gasteiger partial charge in [0.1, 0.15) is 12.2 Å². The highest BCUT2D eigenvalue weighted by atomic mass is 16.1. The average molecular weight is 326 g/mol. The third kappa shape index (κ3) is 2.66. The number of hydrogen-bond acceptors (Lipinski definition) is 5. The maximum Gasteiger partial charge on any atom is 0.248 e. The Balaban J connectivity index is 2.03. The van der Waals surface area contributed by atoms with Crippen LogP contribution < -0.4 is 10.6 Å². The minimum absolute atomic E-state index is 0.316. The SMILES string of the molecule is CCN(CC)c1ccc(C2C(C(N)=O)C(C)=Nc3ncnn32)cc1. The fourth-order valence-corrected chi connectivity index (χ4v) is 3.28. The number of fused-ring (bicyclic) bond motifs is 1. The van der Waals surface area contributed by atoms with Crippen LogP contribution in [0.25, 0.3) is 0 Å². The van der Waals surface area contributed by atoms with Crippen molar-refractivity contribution in [1.82, 2.24) is 14.8 Å². The summed E-state index contributed by atoms with van der Waals surface area (Å²) in [5, 5.41) is 4.25. The van der Waals surface area contributed by atoms with E-state index in [-0.39, 0.29) is 6.04 Å². The number of anilines is 1. The molecule has 7 nitrogen and oxygen atoms in total. The van der Waals surface area contributed by atoms with E-state index in [2.05, 4.69) is 46.0 Å². The van der Waals surface area contributed by atoms with Crippen molar-refractivity contribution in [2.24, 2.45) is 16.6 Å². The zero-order chi connectivity index (χ0) is 17.3. The number of nitrogens with two attached hydrogens (primary N) is 1. The number of carbonyl (C=O) groups excluding carboxylic acids is 1. The Hall–Kier alpha value is -2.70. The van der Waals surface area contributed by atoms with Gasteiger partial charge in [0.2, 0.25) is 11.9 Å². The second kappa shape index (κ2) is 6.43. The number of benzene rings is 1. The van der Waals surface area contributed by atoms with E-state index in [0.717, 1.165) is 24.3 Å². The van der Waals surface area contributed by atoms with Crippen LogP contribution in [-0.2, 0) is 4.79 Å². The summed E-state index contributed by atoms with van der Waals surface area (Å²) in [6.45, 7) is 7.96. The Kier molecular flexibility index (Phi) is 4.33. The summed E-state index contributed by atoms with van der Waals surface area (Å²) in [6.07, 6.45) is 1.45. The normalized spacial score (nSPS) is 19.5. The Morgan fingerprint density at radius 1 is 1.25 bits per heavy atom. The van der Waals surface area contributed by atoms with Gasteiger partial charge in [-0.05, 0) is 38.5 Å². The first-order valence-corrected chi connectivity index (χ1v) is 8.15. The van der Waals surface area contributed by atoms with Gasteiger partial charge in [0.25, 0.3) is 0 Å². The van der Waals surface area contributed by atoms with E-state index in [4.69, 9.17) is 5.73 Å². The van der Waals surface area contributed by atoms with Crippen molar-refractivity contribution >= 4 is 23.3 Å². The second-order valence-electron chi connectivity index (χ2n) is 5.85. The smallest absolute Gasteiger partial charge is 0.248 e. The van der Waals surface area contributed by atoms with Crippen molar-refractivity contribution < 1.29 is 4.79 Å². The van der Waals surface area contributed by atoms with Gasteiger partial charge in [0.05, 0.1) is 6.04 Å². The molecule has 0 radical (unpaired) electrons. The molecular formula is C17H22N6O. The van der Waals surface area contributed by atoms with Gasteiger partial charge in [-0.25, -0.2) is 9.67 Å². The molecule has 2 atom stereocenters. The van der Waals surface area contributed by atoms with E-state index in [1.165, 1.54) is 6.33 Å². The van der Waals surface area contributed by atoms with Crippen LogP contribution in [0.5, 0.6) is 0 Å². The molecule has 0 saturated heterocycles. The Morgan fingerprint density at radius 3 is 2.50 bits per heavy atom. The van der Waals surface area contributed by atoms with Crippen molar-refractivity contribution in [2.45, 2.75) is 26.8 Å². The lowest BCUT2D eigenvalue weighted by Crippen LogP contribution is -2.39. The van der Waals surface area contributed by atoms with Gasteiger partial charge >= 0.3 is 0 Å². The average Bonchev–Trinajstić information content (AvgIpc) is 3.03. The van der Waals surface area contributed by atoms with Crippen molar-refractivity contribution in [3.8, 4) is 0 Å². The molecular weight excluding hydrogens is 304 g/mol. The predicted octanol–water partition coefficient (Wildman–Crippen LogP) is 1.92. The third-order valence-electron chi connectivity index (χ3n) is 4.53. The van der Waals surface area contributed by atoms with Crippen LogP contribution >= 0.6 is 0 Å². The molecule has 2 aromatic rings. The number of aliphatic imine (C=N–C) groups is 1. The van der Waals surface area contributed by atoms with Crippen molar-refractivity contribution in [3.63, 3.8) is 0 Å². The van der Waals surface area contributed by atoms with Gasteiger partial charge in [0.15, 0.2) is 0 Å². The molecule has 0 saturated carbocycles. The van der Waals surface area contributed by atoms with Gasteiger partial charge in [-0.1, -0.05) is 12.1 Å². The summed E-state index contributed by atoms with van der Waals surface area (Å²) in [4.78, 5) is 22.8. The molecule has 1 aliphatic rings. The number of carbonyl (C=O) groups is 1. The van der Waals surface area contributed by atoms with Crippen LogP contribution in [0.2, 0.25) is 0 Å². The molecule has 126 valence electrons. The Morgan fingerprint density at radius 2 is 1.92 bits per heavy atom. The van der Waals surface area contributed by atoms with E-state index in [9.17, 15) is 4.79 Å². The van der Waals surface area contributed by atoms with Crippen LogP contribution in [0.4, 0.5) is 11.6 Å². The molecule has 3 rings (SSSR count). The van der Waals surface area contributed by atoms with E-state index >= 15 is 0 Å². The molecule has 7 heteroatoms. The largest absolute Gasteiger partial charge is 0.372 e. The van der Waals surface area contributed by atoms with Gasteiger partial charge in [-0.2, -0.15) is 10.1 Å². The maximum absolute atomic E-state index is 12.0. The quantitative estimate of drug-likeness (QED) is 0.909. The number of hydrogen-bond donors (Lipinski definition) is 1. The van der Waals surface area contributed by atoms with Crippen LogP contribution in [0.3, 0.4) is 0 Å². The number of rotatable bonds is 5. The monoisotopic (exact) mass is 326 g/mol. The molecule has 2 heterocycles. The van der Waals surface area contributed by atoms with Gasteiger partial charge in [-0.3, -0.25) is 4.79 Å². The molecule has 1 amide bonds. The van der Waals surface area contributed by atoms with Crippen molar-refractivity contribution in [1.29, 1.82) is 0 Å². The molecule has 0 bridgehead atoms. The van der Waals surface area contributed by atoms with Crippen LogP contribution in [0.1, 0.15) is 32.4 Å². The number of amides is 1. The topological polar surface area (TPSA) is 89.4 Å². The number of nitrogens with zero attached hydrogens (tertiary/aromatic N) is 5. The van der Waals surface area contributed by atoms with Gasteiger partial charge in [0, 0.05) is 24.5 Å². The maximum atomic E-state index is 12.0. The van der Waals surface area contributed by atoms with E-state index in [1.807, 2.05) is 19.1 Å². The lowest BCUT2D eigenvalue weighted by Gasteiger charge is -2.29. The van der Waals surface area contributed by atoms with Crippen LogP contribution in [0, 0.1) is 5.92 Å².